The van der Waals surface area contributed by atoms with Crippen LogP contribution in [0.1, 0.15) is 48.1 Å². The van der Waals surface area contributed by atoms with Crippen molar-refractivity contribution < 1.29 is 13.2 Å². The number of sulfone groups is 1. The van der Waals surface area contributed by atoms with Crippen LogP contribution in [-0.2, 0) is 9.84 Å². The van der Waals surface area contributed by atoms with Crippen LogP contribution >= 0.6 is 11.3 Å². The van der Waals surface area contributed by atoms with E-state index in [1.165, 1.54) is 24.2 Å². The number of piperazine rings is 1. The lowest BCUT2D eigenvalue weighted by Crippen LogP contribution is -2.60. The van der Waals surface area contributed by atoms with Crippen molar-refractivity contribution in [1.82, 2.24) is 14.8 Å². The summed E-state index contributed by atoms with van der Waals surface area (Å²) in [5.74, 6) is 1.18. The number of carbonyl (C=O) groups excluding carboxylic acids is 1. The van der Waals surface area contributed by atoms with E-state index in [4.69, 9.17) is 0 Å². The molecule has 1 saturated carbocycles. The molecule has 2 aliphatic heterocycles. The third-order valence-electron chi connectivity index (χ3n) is 5.48. The van der Waals surface area contributed by atoms with Crippen molar-refractivity contribution in [2.24, 2.45) is 5.92 Å². The fourth-order valence-electron chi connectivity index (χ4n) is 3.93. The second kappa shape index (κ2) is 6.32. The average molecular weight is 384 g/mol. The average Bonchev–Trinajstić information content (AvgIpc) is 3.09. The van der Waals surface area contributed by atoms with Crippen LogP contribution in [0.4, 0.5) is 0 Å². The second-order valence-electron chi connectivity index (χ2n) is 7.87. The molecule has 1 aliphatic carbocycles. The number of hydrogen-bond acceptors (Lipinski definition) is 6. The number of rotatable bonds is 4. The molecule has 6 nitrogen and oxygen atoms in total. The van der Waals surface area contributed by atoms with Crippen LogP contribution in [0.5, 0.6) is 0 Å². The van der Waals surface area contributed by atoms with Gasteiger partial charge in [0.2, 0.25) is 0 Å². The molecule has 0 unspecified atom stereocenters. The maximum atomic E-state index is 13.0. The molecule has 4 rings (SSSR count). The highest BCUT2D eigenvalue weighted by atomic mass is 32.2. The summed E-state index contributed by atoms with van der Waals surface area (Å²) in [4.78, 5) is 21.6. The summed E-state index contributed by atoms with van der Waals surface area (Å²) in [7, 11) is -3.09. The van der Waals surface area contributed by atoms with E-state index in [1.807, 2.05) is 5.38 Å². The van der Waals surface area contributed by atoms with Gasteiger partial charge in [-0.05, 0) is 18.8 Å². The number of hydrogen-bond donors (Lipinski definition) is 0. The largest absolute Gasteiger partial charge is 0.330 e. The van der Waals surface area contributed by atoms with Gasteiger partial charge in [-0.15, -0.1) is 11.3 Å². The lowest BCUT2D eigenvalue weighted by molar-refractivity contribution is 0.0314. The quantitative estimate of drug-likeness (QED) is 0.790. The summed E-state index contributed by atoms with van der Waals surface area (Å²) < 4.78 is 24.5. The van der Waals surface area contributed by atoms with Crippen LogP contribution < -0.4 is 0 Å². The summed E-state index contributed by atoms with van der Waals surface area (Å²) in [6.45, 7) is 6.45. The standard InChI is InChI=1S/C17H25N3O3S2/c1-11(2)16-18-13(8-24-16)17(21)20-6-5-19(7-12-3-4-12)14-9-25(22,23)10-15(14)20/h8,11-12,14-15H,3-7,9-10H2,1-2H3/t14-,15+/m1/s1. The number of aromatic nitrogens is 1. The highest BCUT2D eigenvalue weighted by Crippen LogP contribution is 2.34. The fraction of sp³-hybridized carbons (Fsp3) is 0.765. The molecule has 1 aromatic heterocycles. The number of thiazole rings is 1. The zero-order valence-corrected chi connectivity index (χ0v) is 16.4. The van der Waals surface area contributed by atoms with Crippen molar-refractivity contribution in [3.8, 4) is 0 Å². The van der Waals surface area contributed by atoms with Crippen LogP contribution in [0.25, 0.3) is 0 Å². The monoisotopic (exact) mass is 383 g/mol. The minimum absolute atomic E-state index is 0.0495. The molecule has 2 saturated heterocycles. The van der Waals surface area contributed by atoms with Crippen molar-refractivity contribution in [1.29, 1.82) is 0 Å². The Labute approximate surface area is 153 Å². The number of amides is 1. The van der Waals surface area contributed by atoms with Crippen LogP contribution in [-0.4, -0.2) is 72.3 Å². The number of nitrogens with zero attached hydrogens (tertiary/aromatic N) is 3. The van der Waals surface area contributed by atoms with Gasteiger partial charge < -0.3 is 4.90 Å². The first-order valence-corrected chi connectivity index (χ1v) is 11.7. The number of carbonyl (C=O) groups is 1. The molecule has 0 aromatic carbocycles. The van der Waals surface area contributed by atoms with E-state index < -0.39 is 9.84 Å². The summed E-state index contributed by atoms with van der Waals surface area (Å²) in [6, 6.07) is -0.277. The molecule has 8 heteroatoms. The predicted molar refractivity (Wildman–Crippen MR) is 97.8 cm³/mol. The maximum Gasteiger partial charge on any atom is 0.273 e. The van der Waals surface area contributed by atoms with Gasteiger partial charge in [0, 0.05) is 37.0 Å². The molecule has 3 aliphatic rings. The Bertz CT molecular complexity index is 770. The van der Waals surface area contributed by atoms with Gasteiger partial charge in [-0.3, -0.25) is 9.69 Å². The van der Waals surface area contributed by atoms with E-state index >= 15 is 0 Å². The van der Waals surface area contributed by atoms with Crippen molar-refractivity contribution in [2.45, 2.75) is 44.7 Å². The SMILES string of the molecule is CC(C)c1nc(C(=O)N2CCN(CC3CC3)[C@@H]3CS(=O)(=O)C[C@@H]32)cs1. The van der Waals surface area contributed by atoms with E-state index in [1.54, 1.807) is 4.90 Å². The van der Waals surface area contributed by atoms with Crippen LogP contribution in [0.3, 0.4) is 0 Å². The lowest BCUT2D eigenvalue weighted by Gasteiger charge is -2.43. The van der Waals surface area contributed by atoms with Crippen LogP contribution in [0.15, 0.2) is 5.38 Å². The Morgan fingerprint density at radius 1 is 1.28 bits per heavy atom. The Hall–Kier alpha value is -0.990. The molecule has 138 valence electrons. The minimum atomic E-state index is -3.09. The molecule has 3 heterocycles. The molecule has 3 fully saturated rings. The van der Waals surface area contributed by atoms with Gasteiger partial charge in [0.1, 0.15) is 5.69 Å². The smallest absolute Gasteiger partial charge is 0.273 e. The van der Waals surface area contributed by atoms with Gasteiger partial charge in [-0.1, -0.05) is 13.8 Å². The first-order valence-electron chi connectivity index (χ1n) is 9.05. The predicted octanol–water partition coefficient (Wildman–Crippen LogP) is 1.60. The van der Waals surface area contributed by atoms with Gasteiger partial charge in [-0.25, -0.2) is 13.4 Å². The normalized spacial score (nSPS) is 29.2. The summed E-state index contributed by atoms with van der Waals surface area (Å²) in [5.41, 5.74) is 0.465. The fourth-order valence-corrected chi connectivity index (χ4v) is 6.75. The van der Waals surface area contributed by atoms with Crippen molar-refractivity contribution in [3.05, 3.63) is 16.1 Å². The van der Waals surface area contributed by atoms with Crippen molar-refractivity contribution in [3.63, 3.8) is 0 Å². The Balaban J connectivity index is 1.56. The Morgan fingerprint density at radius 2 is 2.00 bits per heavy atom. The molecular weight excluding hydrogens is 358 g/mol. The zero-order chi connectivity index (χ0) is 17.8. The molecule has 0 radical (unpaired) electrons. The minimum Gasteiger partial charge on any atom is -0.330 e. The van der Waals surface area contributed by atoms with E-state index in [-0.39, 0.29) is 29.5 Å². The van der Waals surface area contributed by atoms with Crippen molar-refractivity contribution >= 4 is 27.1 Å². The van der Waals surface area contributed by atoms with E-state index in [0.717, 1.165) is 24.0 Å². The number of fused-ring (bicyclic) bond motifs is 1. The van der Waals surface area contributed by atoms with Gasteiger partial charge in [0.25, 0.3) is 5.91 Å². The zero-order valence-electron chi connectivity index (χ0n) is 14.7. The molecule has 0 spiro atoms. The van der Waals surface area contributed by atoms with Crippen LogP contribution in [0.2, 0.25) is 0 Å². The van der Waals surface area contributed by atoms with Gasteiger partial charge in [0.05, 0.1) is 22.6 Å². The summed E-state index contributed by atoms with van der Waals surface area (Å²) >= 11 is 1.50. The van der Waals surface area contributed by atoms with Crippen LogP contribution in [0, 0.1) is 5.92 Å². The highest BCUT2D eigenvalue weighted by molar-refractivity contribution is 7.91. The first-order chi connectivity index (χ1) is 11.8. The van der Waals surface area contributed by atoms with Gasteiger partial charge in [0.15, 0.2) is 9.84 Å². The lowest BCUT2D eigenvalue weighted by atomic mass is 10.0. The van der Waals surface area contributed by atoms with E-state index in [9.17, 15) is 13.2 Å². The molecule has 0 bridgehead atoms. The molecule has 0 N–H and O–H groups in total. The topological polar surface area (TPSA) is 70.6 Å². The third kappa shape index (κ3) is 3.48. The van der Waals surface area contributed by atoms with E-state index in [0.29, 0.717) is 18.2 Å². The molecular formula is C17H25N3O3S2. The molecule has 25 heavy (non-hydrogen) atoms. The maximum absolute atomic E-state index is 13.0. The van der Waals surface area contributed by atoms with E-state index in [2.05, 4.69) is 23.7 Å². The summed E-state index contributed by atoms with van der Waals surface area (Å²) in [6.07, 6.45) is 2.50. The second-order valence-corrected chi connectivity index (χ2v) is 10.9. The Morgan fingerprint density at radius 3 is 2.64 bits per heavy atom. The van der Waals surface area contributed by atoms with Gasteiger partial charge >= 0.3 is 0 Å². The molecule has 1 aromatic rings. The Kier molecular flexibility index (Phi) is 4.40. The first kappa shape index (κ1) is 17.4. The summed E-state index contributed by atoms with van der Waals surface area (Å²) in [5, 5.41) is 2.76. The van der Waals surface area contributed by atoms with Gasteiger partial charge in [-0.2, -0.15) is 0 Å². The molecule has 1 amide bonds. The third-order valence-corrected chi connectivity index (χ3v) is 8.32. The molecule has 2 atom stereocenters. The van der Waals surface area contributed by atoms with Crippen molar-refractivity contribution in [2.75, 3.05) is 31.1 Å². The highest BCUT2D eigenvalue weighted by Gasteiger charge is 2.49.